The molecule has 28 heavy (non-hydrogen) atoms. The second-order valence-electron chi connectivity index (χ2n) is 6.45. The van der Waals surface area contributed by atoms with Gasteiger partial charge in [-0.05, 0) is 49.4 Å². The van der Waals surface area contributed by atoms with E-state index >= 15 is 0 Å². The van der Waals surface area contributed by atoms with Crippen LogP contribution in [0.4, 0.5) is 14.5 Å². The summed E-state index contributed by atoms with van der Waals surface area (Å²) in [5.41, 5.74) is 2.02. The fourth-order valence-corrected chi connectivity index (χ4v) is 2.60. The summed E-state index contributed by atoms with van der Waals surface area (Å²) in [6.45, 7) is 1.95. The molecule has 0 unspecified atom stereocenters. The molecule has 0 saturated heterocycles. The molecule has 2 N–H and O–H groups in total. The van der Waals surface area contributed by atoms with E-state index in [2.05, 4.69) is 10.6 Å². The molecule has 8 heteroatoms. The lowest BCUT2D eigenvalue weighted by molar-refractivity contribution is -0.124. The van der Waals surface area contributed by atoms with Crippen LogP contribution >= 0.6 is 0 Å². The van der Waals surface area contributed by atoms with Crippen LogP contribution in [0.3, 0.4) is 0 Å². The van der Waals surface area contributed by atoms with Crippen molar-refractivity contribution in [2.24, 2.45) is 0 Å². The Bertz CT molecular complexity index is 859. The molecule has 0 bridgehead atoms. The number of hydrogen-bond donors (Lipinski definition) is 2. The van der Waals surface area contributed by atoms with Crippen LogP contribution in [0.25, 0.3) is 0 Å². The SMILES string of the molecule is COc1ccc(C)cc1NC(=O)CNC(=O)CN(C)Cc1ccc(F)c(F)c1. The summed E-state index contributed by atoms with van der Waals surface area (Å²) in [6, 6.07) is 8.97. The van der Waals surface area contributed by atoms with Gasteiger partial charge in [0.05, 0.1) is 25.9 Å². The maximum absolute atomic E-state index is 13.2. The number of aryl methyl sites for hydroxylation is 1. The highest BCUT2D eigenvalue weighted by Gasteiger charge is 2.12. The molecule has 0 aromatic heterocycles. The van der Waals surface area contributed by atoms with Gasteiger partial charge in [-0.3, -0.25) is 14.5 Å². The number of halogens is 2. The van der Waals surface area contributed by atoms with Crippen molar-refractivity contribution in [3.05, 3.63) is 59.2 Å². The van der Waals surface area contributed by atoms with Crippen molar-refractivity contribution in [2.75, 3.05) is 32.6 Å². The van der Waals surface area contributed by atoms with Crippen molar-refractivity contribution >= 4 is 17.5 Å². The summed E-state index contributed by atoms with van der Waals surface area (Å²) >= 11 is 0. The van der Waals surface area contributed by atoms with Gasteiger partial charge < -0.3 is 15.4 Å². The number of rotatable bonds is 8. The van der Waals surface area contributed by atoms with E-state index in [0.29, 0.717) is 17.0 Å². The summed E-state index contributed by atoms with van der Waals surface area (Å²) < 4.78 is 31.4. The lowest BCUT2D eigenvalue weighted by Gasteiger charge is -2.16. The Morgan fingerprint density at radius 3 is 2.50 bits per heavy atom. The van der Waals surface area contributed by atoms with Crippen LogP contribution in [0.5, 0.6) is 5.75 Å². The van der Waals surface area contributed by atoms with Crippen molar-refractivity contribution in [1.82, 2.24) is 10.2 Å². The number of amides is 2. The van der Waals surface area contributed by atoms with Crippen molar-refractivity contribution in [3.8, 4) is 5.75 Å². The molecular weight excluding hydrogens is 368 g/mol. The molecule has 2 aromatic carbocycles. The number of carbonyl (C=O) groups is 2. The van der Waals surface area contributed by atoms with E-state index in [0.717, 1.165) is 17.7 Å². The highest BCUT2D eigenvalue weighted by atomic mass is 19.2. The summed E-state index contributed by atoms with van der Waals surface area (Å²) in [7, 11) is 3.17. The maximum Gasteiger partial charge on any atom is 0.243 e. The third kappa shape index (κ3) is 6.31. The standard InChI is InChI=1S/C20H23F2N3O3/c1-13-4-7-18(28-3)17(8-13)24-19(26)10-23-20(27)12-25(2)11-14-5-6-15(21)16(22)9-14/h4-9H,10-12H2,1-3H3,(H,23,27)(H,24,26). The molecule has 2 rings (SSSR count). The van der Waals surface area contributed by atoms with E-state index < -0.39 is 11.6 Å². The number of benzene rings is 2. The largest absolute Gasteiger partial charge is 0.495 e. The lowest BCUT2D eigenvalue weighted by Crippen LogP contribution is -2.39. The maximum atomic E-state index is 13.2. The smallest absolute Gasteiger partial charge is 0.243 e. The third-order valence-corrected chi connectivity index (χ3v) is 3.93. The average molecular weight is 391 g/mol. The number of anilines is 1. The minimum absolute atomic E-state index is 0.0000414. The van der Waals surface area contributed by atoms with Crippen molar-refractivity contribution < 1.29 is 23.1 Å². The average Bonchev–Trinajstić information content (AvgIpc) is 2.63. The zero-order valence-electron chi connectivity index (χ0n) is 16.0. The normalized spacial score (nSPS) is 10.6. The van der Waals surface area contributed by atoms with E-state index in [4.69, 9.17) is 4.74 Å². The first-order chi connectivity index (χ1) is 13.3. The summed E-state index contributed by atoms with van der Waals surface area (Å²) in [5.74, 6) is -2.08. The molecule has 0 radical (unpaired) electrons. The van der Waals surface area contributed by atoms with Crippen LogP contribution < -0.4 is 15.4 Å². The van der Waals surface area contributed by atoms with Gasteiger partial charge in [0, 0.05) is 6.54 Å². The molecule has 0 fully saturated rings. The molecular formula is C20H23F2N3O3. The number of likely N-dealkylation sites (N-methyl/N-ethyl adjacent to an activating group) is 1. The van der Waals surface area contributed by atoms with Crippen LogP contribution in [0.2, 0.25) is 0 Å². The van der Waals surface area contributed by atoms with E-state index in [-0.39, 0.29) is 31.4 Å². The van der Waals surface area contributed by atoms with Gasteiger partial charge in [0.25, 0.3) is 0 Å². The van der Waals surface area contributed by atoms with Gasteiger partial charge >= 0.3 is 0 Å². The van der Waals surface area contributed by atoms with Crippen LogP contribution in [0.15, 0.2) is 36.4 Å². The first-order valence-electron chi connectivity index (χ1n) is 8.62. The van der Waals surface area contributed by atoms with Crippen LogP contribution in [0, 0.1) is 18.6 Å². The number of ether oxygens (including phenoxy) is 1. The topological polar surface area (TPSA) is 70.7 Å². The van der Waals surface area contributed by atoms with Gasteiger partial charge in [-0.25, -0.2) is 8.78 Å². The Balaban J connectivity index is 1.80. The second kappa shape index (κ2) is 9.80. The quantitative estimate of drug-likeness (QED) is 0.725. The zero-order chi connectivity index (χ0) is 20.7. The number of hydrogen-bond acceptors (Lipinski definition) is 4. The Morgan fingerprint density at radius 1 is 1.07 bits per heavy atom. The van der Waals surface area contributed by atoms with Crippen LogP contribution in [-0.4, -0.2) is 44.0 Å². The molecule has 0 aliphatic heterocycles. The van der Waals surface area contributed by atoms with Crippen LogP contribution in [-0.2, 0) is 16.1 Å². The Labute approximate surface area is 162 Å². The van der Waals surface area contributed by atoms with E-state index in [1.54, 1.807) is 24.1 Å². The molecule has 0 atom stereocenters. The van der Waals surface area contributed by atoms with Gasteiger partial charge in [-0.2, -0.15) is 0 Å². The number of carbonyl (C=O) groups excluding carboxylic acids is 2. The molecule has 0 aliphatic rings. The first kappa shape index (κ1) is 21.3. The molecule has 2 amide bonds. The highest BCUT2D eigenvalue weighted by molar-refractivity contribution is 5.96. The zero-order valence-corrected chi connectivity index (χ0v) is 16.0. The second-order valence-corrected chi connectivity index (χ2v) is 6.45. The third-order valence-electron chi connectivity index (χ3n) is 3.93. The van der Waals surface area contributed by atoms with Gasteiger partial charge in [-0.1, -0.05) is 12.1 Å². The summed E-state index contributed by atoms with van der Waals surface area (Å²) in [4.78, 5) is 25.7. The minimum atomic E-state index is -0.932. The molecule has 6 nitrogen and oxygen atoms in total. The fourth-order valence-electron chi connectivity index (χ4n) is 2.60. The molecule has 0 heterocycles. The number of nitrogens with zero attached hydrogens (tertiary/aromatic N) is 1. The van der Waals surface area contributed by atoms with Crippen molar-refractivity contribution in [3.63, 3.8) is 0 Å². The monoisotopic (exact) mass is 391 g/mol. The molecule has 150 valence electrons. The van der Waals surface area contributed by atoms with Crippen LogP contribution in [0.1, 0.15) is 11.1 Å². The Hall–Kier alpha value is -3.00. The van der Waals surface area contributed by atoms with E-state index in [1.165, 1.54) is 13.2 Å². The first-order valence-corrected chi connectivity index (χ1v) is 8.62. The Morgan fingerprint density at radius 2 is 1.82 bits per heavy atom. The van der Waals surface area contributed by atoms with Crippen molar-refractivity contribution in [1.29, 1.82) is 0 Å². The number of methoxy groups -OCH3 is 1. The predicted molar refractivity (Wildman–Crippen MR) is 102 cm³/mol. The summed E-state index contributed by atoms with van der Waals surface area (Å²) in [6.07, 6.45) is 0. The van der Waals surface area contributed by atoms with Gasteiger partial charge in [0.2, 0.25) is 11.8 Å². The molecule has 0 spiro atoms. The van der Waals surface area contributed by atoms with Gasteiger partial charge in [-0.15, -0.1) is 0 Å². The lowest BCUT2D eigenvalue weighted by atomic mass is 10.2. The van der Waals surface area contributed by atoms with Gasteiger partial charge in [0.1, 0.15) is 5.75 Å². The van der Waals surface area contributed by atoms with Gasteiger partial charge in [0.15, 0.2) is 11.6 Å². The molecule has 2 aromatic rings. The highest BCUT2D eigenvalue weighted by Crippen LogP contribution is 2.24. The van der Waals surface area contributed by atoms with E-state index in [1.807, 2.05) is 13.0 Å². The summed E-state index contributed by atoms with van der Waals surface area (Å²) in [5, 5.41) is 5.22. The predicted octanol–water partition coefficient (Wildman–Crippen LogP) is 2.47. The molecule has 0 aliphatic carbocycles. The molecule has 0 saturated carbocycles. The number of nitrogens with one attached hydrogen (secondary N) is 2. The minimum Gasteiger partial charge on any atom is -0.495 e. The van der Waals surface area contributed by atoms with Crippen molar-refractivity contribution in [2.45, 2.75) is 13.5 Å². The Kier molecular flexibility index (Phi) is 7.45. The van der Waals surface area contributed by atoms with E-state index in [9.17, 15) is 18.4 Å². The fraction of sp³-hybridized carbons (Fsp3) is 0.300.